The van der Waals surface area contributed by atoms with Gasteiger partial charge in [-0.2, -0.15) is 0 Å². The molecule has 0 aromatic heterocycles. The van der Waals surface area contributed by atoms with Crippen molar-refractivity contribution in [2.45, 2.75) is 25.0 Å². The second-order valence-electron chi connectivity index (χ2n) is 4.47. The first-order chi connectivity index (χ1) is 9.85. The van der Waals surface area contributed by atoms with Crippen molar-refractivity contribution in [1.29, 1.82) is 0 Å². The second kappa shape index (κ2) is 7.40. The summed E-state index contributed by atoms with van der Waals surface area (Å²) >= 11 is 5.86. The normalized spacial score (nSPS) is 14.9. The molecular formula is C14H18ClNO5. The number of aliphatic hydroxyl groups excluding tert-OH is 1. The van der Waals surface area contributed by atoms with Crippen LogP contribution in [0.2, 0.25) is 5.02 Å². The molecule has 0 aliphatic rings. The van der Waals surface area contributed by atoms with Crippen LogP contribution in [0.25, 0.3) is 0 Å². The van der Waals surface area contributed by atoms with Gasteiger partial charge in [0.25, 0.3) is 5.91 Å². The number of benzene rings is 1. The third-order valence-corrected chi connectivity index (χ3v) is 3.35. The van der Waals surface area contributed by atoms with Gasteiger partial charge in [0.1, 0.15) is 0 Å². The lowest BCUT2D eigenvalue weighted by atomic mass is 9.90. The quantitative estimate of drug-likeness (QED) is 0.668. The molecule has 0 heterocycles. The minimum absolute atomic E-state index is 0.105. The van der Waals surface area contributed by atoms with Gasteiger partial charge in [0.2, 0.25) is 0 Å². The molecule has 6 nitrogen and oxygen atoms in total. The van der Waals surface area contributed by atoms with E-state index >= 15 is 0 Å². The van der Waals surface area contributed by atoms with Crippen molar-refractivity contribution in [1.82, 2.24) is 5.32 Å². The molecule has 0 fully saturated rings. The van der Waals surface area contributed by atoms with E-state index in [2.05, 4.69) is 10.1 Å². The van der Waals surface area contributed by atoms with Crippen molar-refractivity contribution in [2.75, 3.05) is 13.7 Å². The molecule has 2 atom stereocenters. The van der Waals surface area contributed by atoms with Crippen LogP contribution in [0.4, 0.5) is 0 Å². The molecule has 0 saturated heterocycles. The predicted molar refractivity (Wildman–Crippen MR) is 76.7 cm³/mol. The van der Waals surface area contributed by atoms with Crippen LogP contribution in [0, 0.1) is 0 Å². The van der Waals surface area contributed by atoms with Gasteiger partial charge in [-0.15, -0.1) is 0 Å². The van der Waals surface area contributed by atoms with Crippen molar-refractivity contribution >= 4 is 23.5 Å². The molecule has 0 aliphatic heterocycles. The van der Waals surface area contributed by atoms with Gasteiger partial charge in [0, 0.05) is 5.02 Å². The number of halogens is 1. The number of hydrogen-bond donors (Lipinski definition) is 3. The highest BCUT2D eigenvalue weighted by Crippen LogP contribution is 2.27. The van der Waals surface area contributed by atoms with E-state index in [9.17, 15) is 19.8 Å². The zero-order chi connectivity index (χ0) is 16.0. The molecule has 1 amide bonds. The Balaban J connectivity index is 2.84. The highest BCUT2D eigenvalue weighted by atomic mass is 35.5. The molecule has 0 radical (unpaired) electrons. The molecule has 116 valence electrons. The standard InChI is InChI=1S/C14H18ClNO5/c1-3-14(20,9-5-4-6-10(15)7-9)13(19)16-8-11(17)12(18)21-2/h4-7,11,17,20H,3,8H2,1-2H3,(H,16,19)/t11-,14+/m0/s1. The summed E-state index contributed by atoms with van der Waals surface area (Å²) in [6.45, 7) is 1.28. The molecule has 0 saturated carbocycles. The molecule has 0 spiro atoms. The van der Waals surface area contributed by atoms with E-state index in [0.29, 0.717) is 10.6 Å². The first-order valence-electron chi connectivity index (χ1n) is 6.37. The molecule has 1 aromatic carbocycles. The van der Waals surface area contributed by atoms with Crippen molar-refractivity contribution < 1.29 is 24.5 Å². The molecule has 21 heavy (non-hydrogen) atoms. The van der Waals surface area contributed by atoms with E-state index < -0.39 is 23.6 Å². The summed E-state index contributed by atoms with van der Waals surface area (Å²) in [5, 5.41) is 22.7. The molecule has 7 heteroatoms. The molecule has 3 N–H and O–H groups in total. The Bertz CT molecular complexity index is 522. The smallest absolute Gasteiger partial charge is 0.336 e. The lowest BCUT2D eigenvalue weighted by Crippen LogP contribution is -2.47. The number of esters is 1. The first-order valence-corrected chi connectivity index (χ1v) is 6.75. The van der Waals surface area contributed by atoms with Gasteiger partial charge in [-0.1, -0.05) is 30.7 Å². The Labute approximate surface area is 127 Å². The fraction of sp³-hybridized carbons (Fsp3) is 0.429. The fourth-order valence-corrected chi connectivity index (χ4v) is 1.99. The number of rotatable bonds is 6. The van der Waals surface area contributed by atoms with Crippen LogP contribution in [-0.2, 0) is 19.9 Å². The van der Waals surface area contributed by atoms with Crippen LogP contribution in [-0.4, -0.2) is 41.8 Å². The Morgan fingerprint density at radius 3 is 2.67 bits per heavy atom. The summed E-state index contributed by atoms with van der Waals surface area (Å²) in [5.41, 5.74) is -1.46. The van der Waals surface area contributed by atoms with Crippen molar-refractivity contribution in [2.24, 2.45) is 0 Å². The van der Waals surface area contributed by atoms with E-state index in [-0.39, 0.29) is 13.0 Å². The second-order valence-corrected chi connectivity index (χ2v) is 4.91. The summed E-state index contributed by atoms with van der Waals surface area (Å²) < 4.78 is 4.34. The summed E-state index contributed by atoms with van der Waals surface area (Å²) in [6, 6.07) is 6.31. The third kappa shape index (κ3) is 4.17. The average Bonchev–Trinajstić information content (AvgIpc) is 2.50. The summed E-state index contributed by atoms with van der Waals surface area (Å²) in [4.78, 5) is 23.2. The summed E-state index contributed by atoms with van der Waals surface area (Å²) in [5.74, 6) is -1.59. The number of methoxy groups -OCH3 is 1. The third-order valence-electron chi connectivity index (χ3n) is 3.12. The van der Waals surface area contributed by atoms with Crippen LogP contribution in [0.5, 0.6) is 0 Å². The number of carbonyl (C=O) groups is 2. The zero-order valence-corrected chi connectivity index (χ0v) is 12.6. The number of aliphatic hydroxyl groups is 2. The topological polar surface area (TPSA) is 95.9 Å². The van der Waals surface area contributed by atoms with E-state index in [1.807, 2.05) is 0 Å². The number of hydrogen-bond acceptors (Lipinski definition) is 5. The maximum atomic E-state index is 12.2. The maximum absolute atomic E-state index is 12.2. The SMILES string of the molecule is CC[C@](O)(C(=O)NC[C@H](O)C(=O)OC)c1cccc(Cl)c1. The zero-order valence-electron chi connectivity index (χ0n) is 11.8. The van der Waals surface area contributed by atoms with Gasteiger partial charge in [-0.3, -0.25) is 4.79 Å². The number of ether oxygens (including phenoxy) is 1. The predicted octanol–water partition coefficient (Wildman–Crippen LogP) is 0.588. The number of carbonyl (C=O) groups excluding carboxylic acids is 2. The van der Waals surface area contributed by atoms with Gasteiger partial charge < -0.3 is 20.3 Å². The Morgan fingerprint density at radius 1 is 1.48 bits per heavy atom. The van der Waals surface area contributed by atoms with Crippen LogP contribution in [0.1, 0.15) is 18.9 Å². The summed E-state index contributed by atoms with van der Waals surface area (Å²) in [7, 11) is 1.13. The lowest BCUT2D eigenvalue weighted by molar-refractivity contribution is -0.151. The average molecular weight is 316 g/mol. The van der Waals surface area contributed by atoms with E-state index in [4.69, 9.17) is 11.6 Å². The largest absolute Gasteiger partial charge is 0.467 e. The molecule has 0 unspecified atom stereocenters. The fourth-order valence-electron chi connectivity index (χ4n) is 1.80. The molecule has 1 rings (SSSR count). The number of amides is 1. The monoisotopic (exact) mass is 315 g/mol. The minimum atomic E-state index is -1.79. The molecule has 0 bridgehead atoms. The Kier molecular flexibility index (Phi) is 6.14. The Hall–Kier alpha value is -1.63. The molecule has 1 aromatic rings. The highest BCUT2D eigenvalue weighted by Gasteiger charge is 2.36. The van der Waals surface area contributed by atoms with Crippen molar-refractivity contribution in [3.05, 3.63) is 34.9 Å². The van der Waals surface area contributed by atoms with Crippen molar-refractivity contribution in [3.63, 3.8) is 0 Å². The molecule has 0 aliphatic carbocycles. The van der Waals surface area contributed by atoms with Crippen LogP contribution >= 0.6 is 11.6 Å². The first kappa shape index (κ1) is 17.4. The van der Waals surface area contributed by atoms with E-state index in [0.717, 1.165) is 7.11 Å². The van der Waals surface area contributed by atoms with Gasteiger partial charge in [0.15, 0.2) is 11.7 Å². The number of nitrogens with one attached hydrogen (secondary N) is 1. The van der Waals surface area contributed by atoms with Crippen molar-refractivity contribution in [3.8, 4) is 0 Å². The van der Waals surface area contributed by atoms with Crippen LogP contribution in [0.3, 0.4) is 0 Å². The molecular weight excluding hydrogens is 298 g/mol. The minimum Gasteiger partial charge on any atom is -0.467 e. The highest BCUT2D eigenvalue weighted by molar-refractivity contribution is 6.30. The Morgan fingerprint density at radius 2 is 2.14 bits per heavy atom. The van der Waals surface area contributed by atoms with Crippen LogP contribution < -0.4 is 5.32 Å². The van der Waals surface area contributed by atoms with Gasteiger partial charge in [0.05, 0.1) is 13.7 Å². The van der Waals surface area contributed by atoms with E-state index in [1.165, 1.54) is 6.07 Å². The van der Waals surface area contributed by atoms with Gasteiger partial charge in [-0.25, -0.2) is 4.79 Å². The maximum Gasteiger partial charge on any atom is 0.336 e. The van der Waals surface area contributed by atoms with Gasteiger partial charge in [-0.05, 0) is 24.1 Å². The van der Waals surface area contributed by atoms with Gasteiger partial charge >= 0.3 is 5.97 Å². The van der Waals surface area contributed by atoms with Crippen LogP contribution in [0.15, 0.2) is 24.3 Å². The lowest BCUT2D eigenvalue weighted by Gasteiger charge is -2.26. The summed E-state index contributed by atoms with van der Waals surface area (Å²) in [6.07, 6.45) is -1.38. The van der Waals surface area contributed by atoms with E-state index in [1.54, 1.807) is 25.1 Å².